The maximum atomic E-state index is 5.90. The molecule has 0 saturated carbocycles. The van der Waals surface area contributed by atoms with Crippen molar-refractivity contribution in [1.29, 1.82) is 0 Å². The molecule has 2 aromatic rings. The van der Waals surface area contributed by atoms with Crippen LogP contribution in [0.5, 0.6) is 0 Å². The number of hydrogen-bond acceptors (Lipinski definition) is 5. The van der Waals surface area contributed by atoms with E-state index in [0.29, 0.717) is 24.9 Å². The van der Waals surface area contributed by atoms with Crippen LogP contribution in [0.2, 0.25) is 0 Å². The third kappa shape index (κ3) is 9.12. The number of rotatable bonds is 9. The number of nitrogens with zero attached hydrogens (tertiary/aromatic N) is 3. The van der Waals surface area contributed by atoms with Gasteiger partial charge in [-0.3, -0.25) is 0 Å². The Hall–Kier alpha value is -1.68. The summed E-state index contributed by atoms with van der Waals surface area (Å²) in [5.74, 6) is 1.95. The highest BCUT2D eigenvalue weighted by Crippen LogP contribution is 2.19. The molecule has 0 saturated heterocycles. The second-order valence-electron chi connectivity index (χ2n) is 7.66. The molecule has 0 spiro atoms. The first-order chi connectivity index (χ1) is 13.4. The van der Waals surface area contributed by atoms with Gasteiger partial charge in [0.15, 0.2) is 11.8 Å². The zero-order valence-electron chi connectivity index (χ0n) is 18.1. The van der Waals surface area contributed by atoms with Gasteiger partial charge in [-0.15, -0.1) is 24.0 Å². The molecular formula is C21H34IN5O2. The summed E-state index contributed by atoms with van der Waals surface area (Å²) in [5.41, 5.74) is 1.04. The van der Waals surface area contributed by atoms with Crippen LogP contribution in [0.4, 0.5) is 0 Å². The molecule has 7 nitrogen and oxygen atoms in total. The van der Waals surface area contributed by atoms with Crippen LogP contribution in [0.1, 0.15) is 64.4 Å². The molecule has 1 unspecified atom stereocenters. The fourth-order valence-corrected chi connectivity index (χ4v) is 2.47. The van der Waals surface area contributed by atoms with Gasteiger partial charge in [0.1, 0.15) is 6.54 Å². The molecule has 0 aliphatic rings. The van der Waals surface area contributed by atoms with E-state index in [1.165, 1.54) is 5.56 Å². The Bertz CT molecular complexity index is 728. The molecule has 162 valence electrons. The predicted octanol–water partition coefficient (Wildman–Crippen LogP) is 4.21. The van der Waals surface area contributed by atoms with E-state index in [1.54, 1.807) is 0 Å². The molecule has 0 bridgehead atoms. The van der Waals surface area contributed by atoms with E-state index in [-0.39, 0.29) is 35.5 Å². The number of aliphatic imine (C=N–C) groups is 1. The largest absolute Gasteiger partial charge is 0.374 e. The minimum atomic E-state index is -0.158. The van der Waals surface area contributed by atoms with E-state index in [9.17, 15) is 0 Å². The van der Waals surface area contributed by atoms with Gasteiger partial charge < -0.3 is 19.9 Å². The molecule has 29 heavy (non-hydrogen) atoms. The maximum Gasteiger partial charge on any atom is 0.232 e. The first-order valence-corrected chi connectivity index (χ1v) is 9.92. The first-order valence-electron chi connectivity index (χ1n) is 9.92. The summed E-state index contributed by atoms with van der Waals surface area (Å²) in [4.78, 5) is 8.94. The molecule has 8 heteroatoms. The van der Waals surface area contributed by atoms with E-state index in [4.69, 9.17) is 9.26 Å². The summed E-state index contributed by atoms with van der Waals surface area (Å²) in [7, 11) is 0. The van der Waals surface area contributed by atoms with Crippen molar-refractivity contribution >= 4 is 29.9 Å². The van der Waals surface area contributed by atoms with Gasteiger partial charge in [-0.05, 0) is 25.8 Å². The van der Waals surface area contributed by atoms with E-state index in [0.717, 1.165) is 25.5 Å². The lowest BCUT2D eigenvalue weighted by molar-refractivity contribution is 0.0646. The molecule has 0 amide bonds. The SMILES string of the molecule is CCNC(=NCc1noc(C(C)(C)C)n1)NCCCOC(C)c1ccccc1.I. The van der Waals surface area contributed by atoms with E-state index in [2.05, 4.69) is 44.8 Å². The Morgan fingerprint density at radius 3 is 2.55 bits per heavy atom. The zero-order valence-corrected chi connectivity index (χ0v) is 20.4. The zero-order chi connectivity index (χ0) is 20.4. The summed E-state index contributed by atoms with van der Waals surface area (Å²) in [6.45, 7) is 12.8. The normalized spacial score (nSPS) is 12.9. The topological polar surface area (TPSA) is 84.6 Å². The summed E-state index contributed by atoms with van der Waals surface area (Å²) in [5, 5.41) is 10.5. The van der Waals surface area contributed by atoms with Gasteiger partial charge in [-0.25, -0.2) is 4.99 Å². The van der Waals surface area contributed by atoms with Crippen molar-refractivity contribution in [3.63, 3.8) is 0 Å². The lowest BCUT2D eigenvalue weighted by Gasteiger charge is -2.14. The third-order valence-electron chi connectivity index (χ3n) is 4.08. The van der Waals surface area contributed by atoms with Crippen molar-refractivity contribution in [3.8, 4) is 0 Å². The second-order valence-corrected chi connectivity index (χ2v) is 7.66. The Morgan fingerprint density at radius 1 is 1.21 bits per heavy atom. The number of guanidine groups is 1. The Labute approximate surface area is 191 Å². The second kappa shape index (κ2) is 12.8. The number of ether oxygens (including phenoxy) is 1. The average molecular weight is 515 g/mol. The molecule has 2 rings (SSSR count). The number of hydrogen-bond donors (Lipinski definition) is 2. The highest BCUT2D eigenvalue weighted by Gasteiger charge is 2.21. The van der Waals surface area contributed by atoms with Crippen molar-refractivity contribution < 1.29 is 9.26 Å². The van der Waals surface area contributed by atoms with Gasteiger partial charge in [-0.1, -0.05) is 56.3 Å². The van der Waals surface area contributed by atoms with Gasteiger partial charge >= 0.3 is 0 Å². The predicted molar refractivity (Wildman–Crippen MR) is 127 cm³/mol. The van der Waals surface area contributed by atoms with Crippen molar-refractivity contribution in [3.05, 3.63) is 47.6 Å². The van der Waals surface area contributed by atoms with E-state index >= 15 is 0 Å². The molecule has 2 N–H and O–H groups in total. The fraction of sp³-hybridized carbons (Fsp3) is 0.571. The molecule has 0 aliphatic carbocycles. The lowest BCUT2D eigenvalue weighted by atomic mass is 9.97. The van der Waals surface area contributed by atoms with Crippen LogP contribution in [0.15, 0.2) is 39.8 Å². The van der Waals surface area contributed by atoms with Crippen LogP contribution in [0.25, 0.3) is 0 Å². The Kier molecular flexibility index (Phi) is 11.2. The molecule has 1 heterocycles. The Morgan fingerprint density at radius 2 is 1.93 bits per heavy atom. The Balaban J connectivity index is 0.00000420. The van der Waals surface area contributed by atoms with E-state index < -0.39 is 0 Å². The third-order valence-corrected chi connectivity index (χ3v) is 4.08. The first kappa shape index (κ1) is 25.4. The van der Waals surface area contributed by atoms with Crippen LogP contribution in [0.3, 0.4) is 0 Å². The molecular weight excluding hydrogens is 481 g/mol. The highest BCUT2D eigenvalue weighted by molar-refractivity contribution is 14.0. The van der Waals surface area contributed by atoms with Crippen LogP contribution >= 0.6 is 24.0 Å². The highest BCUT2D eigenvalue weighted by atomic mass is 127. The van der Waals surface area contributed by atoms with Crippen LogP contribution in [-0.2, 0) is 16.7 Å². The lowest BCUT2D eigenvalue weighted by Crippen LogP contribution is -2.38. The fourth-order valence-electron chi connectivity index (χ4n) is 2.47. The average Bonchev–Trinajstić information content (AvgIpc) is 3.16. The van der Waals surface area contributed by atoms with Gasteiger partial charge in [0.25, 0.3) is 0 Å². The van der Waals surface area contributed by atoms with Crippen LogP contribution in [0, 0.1) is 0 Å². The summed E-state index contributed by atoms with van der Waals surface area (Å²) < 4.78 is 11.2. The van der Waals surface area contributed by atoms with E-state index in [1.807, 2.05) is 45.9 Å². The number of benzene rings is 1. The monoisotopic (exact) mass is 515 g/mol. The number of halogens is 1. The number of nitrogens with one attached hydrogen (secondary N) is 2. The smallest absolute Gasteiger partial charge is 0.232 e. The van der Waals surface area contributed by atoms with Crippen LogP contribution in [-0.4, -0.2) is 35.8 Å². The van der Waals surface area contributed by atoms with Crippen molar-refractivity contribution in [2.24, 2.45) is 4.99 Å². The van der Waals surface area contributed by atoms with Gasteiger partial charge in [-0.2, -0.15) is 4.98 Å². The summed E-state index contributed by atoms with van der Waals surface area (Å²) in [6.07, 6.45) is 0.983. The van der Waals surface area contributed by atoms with Gasteiger partial charge in [0, 0.05) is 25.1 Å². The minimum absolute atomic E-state index is 0. The molecule has 0 aliphatic heterocycles. The molecule has 1 atom stereocenters. The van der Waals surface area contributed by atoms with Crippen molar-refractivity contribution in [2.45, 2.75) is 59.1 Å². The number of aromatic nitrogens is 2. The summed E-state index contributed by atoms with van der Waals surface area (Å²) in [6, 6.07) is 10.2. The summed E-state index contributed by atoms with van der Waals surface area (Å²) >= 11 is 0. The van der Waals surface area contributed by atoms with Crippen molar-refractivity contribution in [1.82, 2.24) is 20.8 Å². The van der Waals surface area contributed by atoms with Gasteiger partial charge in [0.2, 0.25) is 5.89 Å². The molecule has 1 aromatic heterocycles. The maximum absolute atomic E-state index is 5.90. The van der Waals surface area contributed by atoms with Crippen molar-refractivity contribution in [2.75, 3.05) is 19.7 Å². The molecule has 1 aromatic carbocycles. The van der Waals surface area contributed by atoms with Gasteiger partial charge in [0.05, 0.1) is 6.10 Å². The molecule has 0 radical (unpaired) electrons. The minimum Gasteiger partial charge on any atom is -0.374 e. The van der Waals surface area contributed by atoms with Crippen LogP contribution < -0.4 is 10.6 Å². The molecule has 0 fully saturated rings. The quantitative estimate of drug-likeness (QED) is 0.225. The standard InChI is InChI=1S/C21H33N5O2.HI/c1-6-22-20(24-15-18-25-19(28-26-18)21(3,4)5)23-13-10-14-27-16(2)17-11-8-7-9-12-17;/h7-9,11-12,16H,6,10,13-15H2,1-5H3,(H2,22,23,24);1H.